The molecule has 6 nitrogen and oxygen atoms in total. The van der Waals surface area contributed by atoms with Crippen LogP contribution < -0.4 is 15.2 Å². The Morgan fingerprint density at radius 1 is 0.917 bits per heavy atom. The molecule has 0 saturated heterocycles. The minimum absolute atomic E-state index is 0.248. The number of nitrogen functional groups attached to an aromatic ring is 1. The number of nitrogens with two attached hydrogens (primary N) is 1. The maximum absolute atomic E-state index is 6.07. The fourth-order valence-corrected chi connectivity index (χ4v) is 2.47. The quantitative estimate of drug-likeness (QED) is 0.794. The van der Waals surface area contributed by atoms with Crippen molar-refractivity contribution in [3.63, 3.8) is 0 Å². The van der Waals surface area contributed by atoms with Crippen molar-refractivity contribution in [2.24, 2.45) is 0 Å². The van der Waals surface area contributed by atoms with Crippen molar-refractivity contribution in [1.82, 2.24) is 15.0 Å². The lowest BCUT2D eigenvalue weighted by atomic mass is 10.0. The van der Waals surface area contributed by atoms with E-state index in [0.29, 0.717) is 11.7 Å². The molecule has 0 aliphatic carbocycles. The molecule has 0 atom stereocenters. The van der Waals surface area contributed by atoms with Gasteiger partial charge in [0.25, 0.3) is 0 Å². The van der Waals surface area contributed by atoms with Crippen LogP contribution in [0.5, 0.6) is 11.9 Å². The Balaban J connectivity index is 2.12. The minimum atomic E-state index is 0.248. The van der Waals surface area contributed by atoms with Gasteiger partial charge in [-0.15, -0.1) is 0 Å². The Morgan fingerprint density at radius 2 is 1.75 bits per heavy atom. The van der Waals surface area contributed by atoms with Gasteiger partial charge in [-0.3, -0.25) is 0 Å². The highest BCUT2D eigenvalue weighted by atomic mass is 16.5. The molecule has 0 radical (unpaired) electrons. The van der Waals surface area contributed by atoms with E-state index >= 15 is 0 Å². The van der Waals surface area contributed by atoms with E-state index in [-0.39, 0.29) is 6.01 Å². The van der Waals surface area contributed by atoms with Gasteiger partial charge in [-0.1, -0.05) is 29.8 Å². The van der Waals surface area contributed by atoms with Gasteiger partial charge in [-0.2, -0.15) is 4.98 Å². The van der Waals surface area contributed by atoms with Gasteiger partial charge in [0.15, 0.2) is 0 Å². The van der Waals surface area contributed by atoms with Gasteiger partial charge < -0.3 is 15.2 Å². The van der Waals surface area contributed by atoms with E-state index in [4.69, 9.17) is 15.2 Å². The van der Waals surface area contributed by atoms with Crippen LogP contribution in [0.25, 0.3) is 22.3 Å². The Kier molecular flexibility index (Phi) is 4.29. The molecule has 24 heavy (non-hydrogen) atoms. The lowest BCUT2D eigenvalue weighted by Gasteiger charge is -2.11. The van der Waals surface area contributed by atoms with Crippen LogP contribution in [0.15, 0.2) is 42.7 Å². The topological polar surface area (TPSA) is 83.2 Å². The number of nitrogens with zero attached hydrogens (tertiary/aromatic N) is 3. The van der Waals surface area contributed by atoms with Crippen molar-refractivity contribution >= 4 is 5.82 Å². The summed E-state index contributed by atoms with van der Waals surface area (Å²) < 4.78 is 10.4. The number of ether oxygens (including phenoxy) is 2. The van der Waals surface area contributed by atoms with Gasteiger partial charge >= 0.3 is 6.01 Å². The molecule has 6 heteroatoms. The number of anilines is 1. The SMILES string of the molecule is COc1ncc(-c2cnc(N)c(-c3cccc(C)c3)c2)c(OC)n1. The molecule has 2 N–H and O–H groups in total. The molecular weight excluding hydrogens is 304 g/mol. The van der Waals surface area contributed by atoms with E-state index in [1.165, 1.54) is 7.11 Å². The first kappa shape index (κ1) is 15.7. The first-order valence-electron chi connectivity index (χ1n) is 7.40. The maximum Gasteiger partial charge on any atom is 0.319 e. The number of pyridine rings is 1. The highest BCUT2D eigenvalue weighted by Crippen LogP contribution is 2.33. The average molecular weight is 322 g/mol. The Bertz CT molecular complexity index is 881. The molecule has 0 unspecified atom stereocenters. The zero-order valence-electron chi connectivity index (χ0n) is 13.8. The van der Waals surface area contributed by atoms with Crippen molar-refractivity contribution in [2.75, 3.05) is 20.0 Å². The highest BCUT2D eigenvalue weighted by Gasteiger charge is 2.13. The van der Waals surface area contributed by atoms with E-state index in [1.807, 2.05) is 31.2 Å². The van der Waals surface area contributed by atoms with Crippen LogP contribution in [-0.2, 0) is 0 Å². The molecule has 3 aromatic rings. The monoisotopic (exact) mass is 322 g/mol. The summed E-state index contributed by atoms with van der Waals surface area (Å²) in [5, 5.41) is 0. The minimum Gasteiger partial charge on any atom is -0.480 e. The third-order valence-corrected chi connectivity index (χ3v) is 3.67. The summed E-state index contributed by atoms with van der Waals surface area (Å²) in [6.45, 7) is 2.04. The summed E-state index contributed by atoms with van der Waals surface area (Å²) in [5.41, 5.74) is 10.6. The summed E-state index contributed by atoms with van der Waals surface area (Å²) in [7, 11) is 3.06. The fraction of sp³-hybridized carbons (Fsp3) is 0.167. The third-order valence-electron chi connectivity index (χ3n) is 3.67. The van der Waals surface area contributed by atoms with E-state index in [9.17, 15) is 0 Å². The van der Waals surface area contributed by atoms with Crippen LogP contribution in [0, 0.1) is 6.92 Å². The molecule has 3 rings (SSSR count). The molecule has 0 amide bonds. The molecule has 2 aromatic heterocycles. The highest BCUT2D eigenvalue weighted by molar-refractivity contribution is 5.80. The van der Waals surface area contributed by atoms with Gasteiger partial charge in [0, 0.05) is 23.5 Å². The Morgan fingerprint density at radius 3 is 2.46 bits per heavy atom. The van der Waals surface area contributed by atoms with Crippen molar-refractivity contribution in [2.45, 2.75) is 6.92 Å². The Hall–Kier alpha value is -3.15. The molecule has 1 aromatic carbocycles. The zero-order chi connectivity index (χ0) is 17.1. The molecule has 0 saturated carbocycles. The number of hydrogen-bond donors (Lipinski definition) is 1. The van der Waals surface area contributed by atoms with Crippen LogP contribution in [-0.4, -0.2) is 29.2 Å². The largest absolute Gasteiger partial charge is 0.480 e. The number of benzene rings is 1. The second-order valence-corrected chi connectivity index (χ2v) is 5.31. The third kappa shape index (κ3) is 2.99. The van der Waals surface area contributed by atoms with Gasteiger partial charge in [-0.25, -0.2) is 9.97 Å². The van der Waals surface area contributed by atoms with E-state index in [0.717, 1.165) is 27.8 Å². The second kappa shape index (κ2) is 6.54. The lowest BCUT2D eigenvalue weighted by Crippen LogP contribution is -1.99. The van der Waals surface area contributed by atoms with Crippen molar-refractivity contribution in [3.8, 4) is 34.1 Å². The second-order valence-electron chi connectivity index (χ2n) is 5.31. The number of aromatic nitrogens is 3. The fourth-order valence-electron chi connectivity index (χ4n) is 2.47. The number of aryl methyl sites for hydroxylation is 1. The van der Waals surface area contributed by atoms with E-state index in [2.05, 4.69) is 21.0 Å². The summed E-state index contributed by atoms with van der Waals surface area (Å²) in [6.07, 6.45) is 3.33. The molecule has 2 heterocycles. The van der Waals surface area contributed by atoms with Crippen LogP contribution >= 0.6 is 0 Å². The molecule has 0 aliphatic heterocycles. The van der Waals surface area contributed by atoms with Gasteiger partial charge in [-0.05, 0) is 18.6 Å². The smallest absolute Gasteiger partial charge is 0.319 e. The van der Waals surface area contributed by atoms with Crippen LogP contribution in [0.1, 0.15) is 5.56 Å². The molecule has 0 fully saturated rings. The normalized spacial score (nSPS) is 10.5. The standard InChI is InChI=1S/C18H18N4O2/c1-11-5-4-6-12(7-11)14-8-13(9-20-16(14)19)15-10-21-18(24-3)22-17(15)23-2/h4-10H,1-3H3,(H2,19,20). The van der Waals surface area contributed by atoms with Gasteiger partial charge in [0.2, 0.25) is 5.88 Å². The maximum atomic E-state index is 6.07. The lowest BCUT2D eigenvalue weighted by molar-refractivity contribution is 0.353. The molecular formula is C18H18N4O2. The van der Waals surface area contributed by atoms with Gasteiger partial charge in [0.05, 0.1) is 19.8 Å². The predicted octanol–water partition coefficient (Wildman–Crippen LogP) is 3.11. The number of hydrogen-bond acceptors (Lipinski definition) is 6. The van der Waals surface area contributed by atoms with E-state index < -0.39 is 0 Å². The Labute approximate surface area is 140 Å². The average Bonchev–Trinajstić information content (AvgIpc) is 2.61. The van der Waals surface area contributed by atoms with Crippen LogP contribution in [0.4, 0.5) is 5.82 Å². The van der Waals surface area contributed by atoms with Crippen LogP contribution in [0.2, 0.25) is 0 Å². The summed E-state index contributed by atoms with van der Waals surface area (Å²) >= 11 is 0. The van der Waals surface area contributed by atoms with E-state index in [1.54, 1.807) is 19.5 Å². The summed E-state index contributed by atoms with van der Waals surface area (Å²) in [6, 6.07) is 10.3. The number of rotatable bonds is 4. The summed E-state index contributed by atoms with van der Waals surface area (Å²) in [4.78, 5) is 12.7. The van der Waals surface area contributed by atoms with Crippen LogP contribution in [0.3, 0.4) is 0 Å². The first-order valence-corrected chi connectivity index (χ1v) is 7.40. The molecule has 122 valence electrons. The molecule has 0 spiro atoms. The van der Waals surface area contributed by atoms with Crippen molar-refractivity contribution < 1.29 is 9.47 Å². The molecule has 0 aliphatic rings. The first-order chi connectivity index (χ1) is 11.6. The molecule has 0 bridgehead atoms. The predicted molar refractivity (Wildman–Crippen MR) is 93.0 cm³/mol. The van der Waals surface area contributed by atoms with Gasteiger partial charge in [0.1, 0.15) is 5.82 Å². The number of methoxy groups -OCH3 is 2. The van der Waals surface area contributed by atoms with Crippen molar-refractivity contribution in [3.05, 3.63) is 48.3 Å². The summed E-state index contributed by atoms with van der Waals surface area (Å²) in [5.74, 6) is 0.890. The zero-order valence-corrected chi connectivity index (χ0v) is 13.8. The van der Waals surface area contributed by atoms with Crippen molar-refractivity contribution in [1.29, 1.82) is 0 Å².